The third-order valence-electron chi connectivity index (χ3n) is 12.9. The molecule has 2 amide bonds. The van der Waals surface area contributed by atoms with E-state index in [0.29, 0.717) is 55.0 Å². The number of hydrogen-bond acceptors (Lipinski definition) is 9. The Balaban J connectivity index is 0.725. The molecular formula is C49H58N11O3+. The fourth-order valence-corrected chi connectivity index (χ4v) is 9.83. The number of aromatic nitrogens is 5. The maximum absolute atomic E-state index is 13.5. The van der Waals surface area contributed by atoms with Crippen molar-refractivity contribution in [3.05, 3.63) is 114 Å². The molecule has 14 heteroatoms. The van der Waals surface area contributed by atoms with Crippen LogP contribution >= 0.6 is 0 Å². The van der Waals surface area contributed by atoms with Crippen molar-refractivity contribution in [2.45, 2.75) is 65.1 Å². The zero-order chi connectivity index (χ0) is 43.7. The number of benzene rings is 2. The number of para-hydroxylation sites is 1. The number of nitrogen functional groups attached to an aromatic ring is 1. The average molecular weight is 849 g/mol. The summed E-state index contributed by atoms with van der Waals surface area (Å²) in [6.07, 6.45) is 14.7. The van der Waals surface area contributed by atoms with E-state index in [-0.39, 0.29) is 23.5 Å². The molecule has 0 saturated carbocycles. The molecule has 4 aliphatic rings. The number of carbonyl (C=O) groups is 2. The zero-order valence-corrected chi connectivity index (χ0v) is 36.8. The molecule has 0 unspecified atom stereocenters. The Kier molecular flexibility index (Phi) is 11.8. The third kappa shape index (κ3) is 8.69. The lowest BCUT2D eigenvalue weighted by molar-refractivity contribution is -0.583. The van der Waals surface area contributed by atoms with Crippen LogP contribution in [0, 0.1) is 13.8 Å². The van der Waals surface area contributed by atoms with Crippen LogP contribution in [0.25, 0.3) is 28.4 Å². The number of nitrogens with zero attached hydrogens (tertiary/aromatic N) is 9. The largest absolute Gasteiger partial charge is 0.457 e. The Morgan fingerprint density at radius 2 is 1.73 bits per heavy atom. The first-order chi connectivity index (χ1) is 30.5. The molecule has 7 heterocycles. The minimum Gasteiger partial charge on any atom is -0.457 e. The average Bonchev–Trinajstić information content (AvgIpc) is 3.98. The van der Waals surface area contributed by atoms with Gasteiger partial charge in [-0.1, -0.05) is 24.3 Å². The summed E-state index contributed by atoms with van der Waals surface area (Å²) in [4.78, 5) is 42.0. The van der Waals surface area contributed by atoms with Crippen molar-refractivity contribution in [3.63, 3.8) is 0 Å². The Morgan fingerprint density at radius 3 is 2.52 bits per heavy atom. The number of fused-ring (bicyclic) bond motifs is 3. The van der Waals surface area contributed by atoms with Gasteiger partial charge < -0.3 is 20.7 Å². The van der Waals surface area contributed by atoms with Crippen molar-refractivity contribution >= 4 is 40.5 Å². The second-order valence-electron chi connectivity index (χ2n) is 17.6. The van der Waals surface area contributed by atoms with Crippen LogP contribution in [0.5, 0.6) is 11.5 Å². The van der Waals surface area contributed by atoms with E-state index in [2.05, 4.69) is 86.2 Å². The molecule has 0 radical (unpaired) electrons. The van der Waals surface area contributed by atoms with Gasteiger partial charge in [0.1, 0.15) is 29.3 Å². The van der Waals surface area contributed by atoms with Crippen LogP contribution in [-0.2, 0) is 15.3 Å². The third-order valence-corrected chi connectivity index (χ3v) is 12.9. The minimum atomic E-state index is -0.248. The first-order valence-corrected chi connectivity index (χ1v) is 22.3. The lowest BCUT2D eigenvalue weighted by Crippen LogP contribution is -2.48. The van der Waals surface area contributed by atoms with Gasteiger partial charge in [-0.15, -0.1) is 0 Å². The smallest absolute Gasteiger partial charge is 0.246 e. The number of anilines is 1. The van der Waals surface area contributed by atoms with E-state index in [4.69, 9.17) is 15.6 Å². The molecule has 63 heavy (non-hydrogen) atoms. The molecule has 1 atom stereocenters. The molecule has 3 aromatic heterocycles. The first kappa shape index (κ1) is 41.9. The van der Waals surface area contributed by atoms with Crippen LogP contribution in [-0.4, -0.2) is 120 Å². The molecule has 5 aromatic rings. The standard InChI is InChI=1S/C49H57N11O3/c1-34-30-35(2)58-42(34)31-38-17-16-37(59(38)49(58,3)4)18-21-43(61)51-22-25-56-28-26-55(27-29-56)23-9-13-44(62)57-24-8-10-39(32-57)60-48-45(47(50)52-33-53-48)46(54-60)36-14-19-41(20-15-36)63-40-11-6-5-7-12-40/h5-7,9,11-17,19-20,30-31,33,39H,8,10,18,21-29,32H2,1-4H3,(H2-,50,51,52,53,54,61)/p+1/t39-/m1/s1. The lowest BCUT2D eigenvalue weighted by atomic mass is 10.1. The van der Waals surface area contributed by atoms with Crippen molar-refractivity contribution in [1.29, 1.82) is 0 Å². The van der Waals surface area contributed by atoms with E-state index in [0.717, 1.165) is 69.2 Å². The summed E-state index contributed by atoms with van der Waals surface area (Å²) in [5, 5.41) is 8.92. The normalized spacial score (nSPS) is 18.8. The monoisotopic (exact) mass is 848 g/mol. The number of amides is 2. The van der Waals surface area contributed by atoms with E-state index in [1.807, 2.05) is 70.3 Å². The van der Waals surface area contributed by atoms with Crippen LogP contribution in [0.1, 0.15) is 62.5 Å². The second kappa shape index (κ2) is 17.8. The SMILES string of the molecule is Cc1cc(C)n2c1C=C1C=CC(CCC(=O)NCCN3CCN(CC=CC(=O)N4CCC[C@@H](n5nc(-c6ccc(Oc7ccccc7)cc6)c6c(N)ncnc65)C4)CC3)=[N+]1C2(C)C. The van der Waals surface area contributed by atoms with Crippen LogP contribution in [0.15, 0.2) is 97.0 Å². The molecule has 0 spiro atoms. The van der Waals surface area contributed by atoms with Gasteiger partial charge in [0.25, 0.3) is 0 Å². The Labute approximate surface area is 369 Å². The van der Waals surface area contributed by atoms with Crippen molar-refractivity contribution in [1.82, 2.24) is 44.3 Å². The van der Waals surface area contributed by atoms with Crippen LogP contribution < -0.4 is 15.8 Å². The second-order valence-corrected chi connectivity index (χ2v) is 17.6. The summed E-state index contributed by atoms with van der Waals surface area (Å²) in [6.45, 7) is 15.9. The fourth-order valence-electron chi connectivity index (χ4n) is 9.83. The predicted octanol–water partition coefficient (Wildman–Crippen LogP) is 6.29. The first-order valence-electron chi connectivity index (χ1n) is 22.3. The van der Waals surface area contributed by atoms with Crippen LogP contribution in [0.2, 0.25) is 0 Å². The highest BCUT2D eigenvalue weighted by Gasteiger charge is 2.44. The number of hydrogen-bond donors (Lipinski definition) is 2. The van der Waals surface area contributed by atoms with Gasteiger partial charge in [0, 0.05) is 121 Å². The van der Waals surface area contributed by atoms with Gasteiger partial charge in [0.15, 0.2) is 11.4 Å². The maximum atomic E-state index is 13.5. The summed E-state index contributed by atoms with van der Waals surface area (Å²) in [6, 6.07) is 19.6. The number of rotatable bonds is 13. The van der Waals surface area contributed by atoms with E-state index in [1.54, 1.807) is 6.08 Å². The van der Waals surface area contributed by atoms with Crippen LogP contribution in [0.4, 0.5) is 5.82 Å². The summed E-state index contributed by atoms with van der Waals surface area (Å²) in [7, 11) is 0. The van der Waals surface area contributed by atoms with Crippen molar-refractivity contribution in [2.75, 3.05) is 64.6 Å². The highest BCUT2D eigenvalue weighted by atomic mass is 16.5. The van der Waals surface area contributed by atoms with E-state index >= 15 is 0 Å². The fraction of sp³-hybridized carbons (Fsp3) is 0.388. The number of piperidine rings is 1. The molecular weight excluding hydrogens is 791 g/mol. The quantitative estimate of drug-likeness (QED) is 0.103. The molecule has 2 saturated heterocycles. The van der Waals surface area contributed by atoms with Gasteiger partial charge in [0.05, 0.1) is 17.1 Å². The molecule has 0 bridgehead atoms. The van der Waals surface area contributed by atoms with Gasteiger partial charge in [-0.05, 0) is 74.7 Å². The molecule has 0 aliphatic carbocycles. The van der Waals surface area contributed by atoms with Gasteiger partial charge >= 0.3 is 0 Å². The molecule has 14 nitrogen and oxygen atoms in total. The number of allylic oxidation sites excluding steroid dienone is 2. The summed E-state index contributed by atoms with van der Waals surface area (Å²) < 4.78 is 12.7. The predicted molar refractivity (Wildman–Crippen MR) is 246 cm³/mol. The van der Waals surface area contributed by atoms with E-state index in [1.165, 1.54) is 34.7 Å². The number of likely N-dealkylation sites (tertiary alicyclic amines) is 1. The van der Waals surface area contributed by atoms with Crippen molar-refractivity contribution in [3.8, 4) is 22.8 Å². The van der Waals surface area contributed by atoms with E-state index in [9.17, 15) is 9.59 Å². The highest BCUT2D eigenvalue weighted by molar-refractivity contribution is 5.98. The van der Waals surface area contributed by atoms with Gasteiger partial charge in [-0.3, -0.25) is 24.0 Å². The molecule has 2 fully saturated rings. The Morgan fingerprint density at radius 1 is 0.968 bits per heavy atom. The van der Waals surface area contributed by atoms with E-state index < -0.39 is 0 Å². The molecule has 2 aromatic carbocycles. The Bertz CT molecular complexity index is 2630. The minimum absolute atomic E-state index is 0.00743. The maximum Gasteiger partial charge on any atom is 0.246 e. The molecule has 4 aliphatic heterocycles. The number of piperazine rings is 1. The molecule has 3 N–H and O–H groups in total. The highest BCUT2D eigenvalue weighted by Crippen LogP contribution is 2.38. The Hall–Kier alpha value is -6.38. The van der Waals surface area contributed by atoms with Gasteiger partial charge in [-0.2, -0.15) is 9.67 Å². The van der Waals surface area contributed by atoms with Gasteiger partial charge in [-0.25, -0.2) is 14.6 Å². The van der Waals surface area contributed by atoms with Crippen molar-refractivity contribution < 1.29 is 18.9 Å². The van der Waals surface area contributed by atoms with Crippen LogP contribution in [0.3, 0.4) is 0 Å². The zero-order valence-electron chi connectivity index (χ0n) is 36.8. The van der Waals surface area contributed by atoms with Gasteiger partial charge in [0.2, 0.25) is 23.2 Å². The number of nitrogens with one attached hydrogen (secondary N) is 1. The number of carbonyl (C=O) groups excluding carboxylic acids is 2. The van der Waals surface area contributed by atoms with Crippen molar-refractivity contribution in [2.24, 2.45) is 0 Å². The lowest BCUT2D eigenvalue weighted by Gasteiger charge is -2.34. The summed E-state index contributed by atoms with van der Waals surface area (Å²) >= 11 is 0. The number of ether oxygens (including phenoxy) is 1. The summed E-state index contributed by atoms with van der Waals surface area (Å²) in [5.41, 5.74) is 14.6. The molecule has 9 rings (SSSR count). The number of aryl methyl sites for hydroxylation is 2. The molecule has 326 valence electrons. The number of nitrogens with two attached hydrogens (primary N) is 1. The topological polar surface area (TPSA) is 143 Å². The summed E-state index contributed by atoms with van der Waals surface area (Å²) in [5.74, 6) is 1.95.